The van der Waals surface area contributed by atoms with Gasteiger partial charge in [-0.1, -0.05) is 0 Å². The highest BCUT2D eigenvalue weighted by atomic mass is 19.4. The number of halogens is 3. The van der Waals surface area contributed by atoms with E-state index in [1.807, 2.05) is 0 Å². The average molecular weight is 322 g/mol. The summed E-state index contributed by atoms with van der Waals surface area (Å²) in [6, 6.07) is 7.98. The SMILES string of the molecule is N#CC(C(=O)Nc1ccc(C(F)(F)F)cc1)=C(O)c1ccco1. The van der Waals surface area contributed by atoms with Gasteiger partial charge in [0.25, 0.3) is 5.91 Å². The van der Waals surface area contributed by atoms with Crippen LogP contribution in [-0.4, -0.2) is 11.0 Å². The quantitative estimate of drug-likeness (QED) is 0.512. The molecule has 0 saturated heterocycles. The Morgan fingerprint density at radius 3 is 2.35 bits per heavy atom. The van der Waals surface area contributed by atoms with Crippen LogP contribution in [0.15, 0.2) is 52.7 Å². The minimum absolute atomic E-state index is 0.0444. The normalized spacial score (nSPS) is 12.3. The predicted molar refractivity (Wildman–Crippen MR) is 73.9 cm³/mol. The Labute approximate surface area is 128 Å². The maximum absolute atomic E-state index is 12.4. The fourth-order valence-electron chi connectivity index (χ4n) is 1.68. The molecular weight excluding hydrogens is 313 g/mol. The summed E-state index contributed by atoms with van der Waals surface area (Å²) in [5, 5.41) is 21.0. The number of aliphatic hydroxyl groups excluding tert-OH is 1. The minimum atomic E-state index is -4.49. The van der Waals surface area contributed by atoms with Gasteiger partial charge in [-0.15, -0.1) is 0 Å². The molecule has 0 spiro atoms. The Kier molecular flexibility index (Phi) is 4.41. The zero-order valence-corrected chi connectivity index (χ0v) is 11.4. The van der Waals surface area contributed by atoms with Gasteiger partial charge >= 0.3 is 6.18 Å². The molecule has 0 unspecified atom stereocenters. The number of furan rings is 1. The summed E-state index contributed by atoms with van der Waals surface area (Å²) < 4.78 is 42.2. The van der Waals surface area contributed by atoms with Crippen molar-refractivity contribution < 1.29 is 27.5 Å². The van der Waals surface area contributed by atoms with Crippen LogP contribution in [0.4, 0.5) is 18.9 Å². The molecule has 1 aromatic heterocycles. The first kappa shape index (κ1) is 16.2. The van der Waals surface area contributed by atoms with E-state index in [9.17, 15) is 23.1 Å². The van der Waals surface area contributed by atoms with Gasteiger partial charge in [-0.3, -0.25) is 4.79 Å². The van der Waals surface area contributed by atoms with E-state index in [0.29, 0.717) is 0 Å². The number of nitrogens with zero attached hydrogens (tertiary/aromatic N) is 1. The molecule has 118 valence electrons. The number of nitriles is 1. The predicted octanol–water partition coefficient (Wildman–Crippen LogP) is 3.73. The van der Waals surface area contributed by atoms with Crippen molar-refractivity contribution in [2.24, 2.45) is 0 Å². The van der Waals surface area contributed by atoms with Crippen LogP contribution in [0, 0.1) is 11.3 Å². The Balaban J connectivity index is 2.21. The number of carbonyl (C=O) groups excluding carboxylic acids is 1. The number of carbonyl (C=O) groups is 1. The van der Waals surface area contributed by atoms with E-state index >= 15 is 0 Å². The van der Waals surface area contributed by atoms with Gasteiger partial charge in [0, 0.05) is 5.69 Å². The molecule has 0 aliphatic rings. The zero-order chi connectivity index (χ0) is 17.0. The third-order valence-corrected chi connectivity index (χ3v) is 2.80. The zero-order valence-electron chi connectivity index (χ0n) is 11.4. The van der Waals surface area contributed by atoms with Crippen molar-refractivity contribution in [2.75, 3.05) is 5.32 Å². The lowest BCUT2D eigenvalue weighted by atomic mass is 10.1. The fraction of sp³-hybridized carbons (Fsp3) is 0.0667. The van der Waals surface area contributed by atoms with Crippen LogP contribution in [0.25, 0.3) is 5.76 Å². The standard InChI is InChI=1S/C15H9F3N2O3/c16-15(17,18)9-3-5-10(6-4-9)20-14(22)11(8-19)13(21)12-2-1-7-23-12/h1-7,21H,(H,20,22). The van der Waals surface area contributed by atoms with E-state index in [4.69, 9.17) is 9.68 Å². The van der Waals surface area contributed by atoms with Crippen LogP contribution in [0.1, 0.15) is 11.3 Å². The van der Waals surface area contributed by atoms with Crippen molar-refractivity contribution in [1.29, 1.82) is 5.26 Å². The summed E-state index contributed by atoms with van der Waals surface area (Å²) in [6.45, 7) is 0. The number of benzene rings is 1. The second kappa shape index (κ2) is 6.27. The molecule has 0 radical (unpaired) electrons. The number of rotatable bonds is 3. The monoisotopic (exact) mass is 322 g/mol. The molecule has 0 fully saturated rings. The van der Waals surface area contributed by atoms with Gasteiger partial charge in [-0.2, -0.15) is 18.4 Å². The van der Waals surface area contributed by atoms with Crippen molar-refractivity contribution >= 4 is 17.4 Å². The van der Waals surface area contributed by atoms with E-state index in [1.54, 1.807) is 0 Å². The molecule has 2 aromatic rings. The molecule has 2 rings (SSSR count). The highest BCUT2D eigenvalue weighted by Crippen LogP contribution is 2.30. The molecule has 0 aliphatic carbocycles. The Morgan fingerprint density at radius 1 is 1.22 bits per heavy atom. The maximum Gasteiger partial charge on any atom is 0.416 e. The number of anilines is 1. The van der Waals surface area contributed by atoms with Crippen LogP contribution in [0.5, 0.6) is 0 Å². The van der Waals surface area contributed by atoms with Gasteiger partial charge in [0.15, 0.2) is 17.1 Å². The van der Waals surface area contributed by atoms with Crippen molar-refractivity contribution in [1.82, 2.24) is 0 Å². The topological polar surface area (TPSA) is 86.3 Å². The summed E-state index contributed by atoms with van der Waals surface area (Å²) in [6.07, 6.45) is -3.24. The van der Waals surface area contributed by atoms with E-state index in [-0.39, 0.29) is 11.4 Å². The molecule has 1 heterocycles. The van der Waals surface area contributed by atoms with Crippen LogP contribution in [0.2, 0.25) is 0 Å². The highest BCUT2D eigenvalue weighted by Gasteiger charge is 2.30. The highest BCUT2D eigenvalue weighted by molar-refractivity contribution is 6.10. The molecular formula is C15H9F3N2O3. The third kappa shape index (κ3) is 3.71. The summed E-state index contributed by atoms with van der Waals surface area (Å²) in [4.78, 5) is 11.9. The lowest BCUT2D eigenvalue weighted by Gasteiger charge is -2.08. The molecule has 1 aromatic carbocycles. The van der Waals surface area contributed by atoms with Crippen LogP contribution in [0.3, 0.4) is 0 Å². The number of aliphatic hydroxyl groups is 1. The number of amides is 1. The van der Waals surface area contributed by atoms with Crippen LogP contribution in [-0.2, 0) is 11.0 Å². The lowest BCUT2D eigenvalue weighted by molar-refractivity contribution is -0.137. The van der Waals surface area contributed by atoms with Crippen molar-refractivity contribution in [3.05, 3.63) is 59.6 Å². The molecule has 1 amide bonds. The first-order chi connectivity index (χ1) is 10.8. The number of nitrogens with one attached hydrogen (secondary N) is 1. The van der Waals surface area contributed by atoms with Crippen molar-refractivity contribution in [3.63, 3.8) is 0 Å². The molecule has 8 heteroatoms. The summed E-state index contributed by atoms with van der Waals surface area (Å²) in [7, 11) is 0. The smallest absolute Gasteiger partial charge is 0.416 e. The van der Waals surface area contributed by atoms with E-state index in [0.717, 1.165) is 24.3 Å². The van der Waals surface area contributed by atoms with Crippen LogP contribution < -0.4 is 5.32 Å². The number of hydrogen-bond acceptors (Lipinski definition) is 4. The molecule has 0 aliphatic heterocycles. The van der Waals surface area contributed by atoms with Gasteiger partial charge in [0.1, 0.15) is 6.07 Å². The second-order valence-electron chi connectivity index (χ2n) is 4.34. The van der Waals surface area contributed by atoms with E-state index in [1.165, 1.54) is 24.5 Å². The molecule has 0 atom stereocenters. The average Bonchev–Trinajstić information content (AvgIpc) is 3.01. The number of alkyl halides is 3. The molecule has 0 saturated carbocycles. The maximum atomic E-state index is 12.4. The van der Waals surface area contributed by atoms with Gasteiger partial charge < -0.3 is 14.8 Å². The van der Waals surface area contributed by atoms with Crippen molar-refractivity contribution in [2.45, 2.75) is 6.18 Å². The Hall–Kier alpha value is -3.21. The Bertz CT molecular complexity index is 770. The second-order valence-corrected chi connectivity index (χ2v) is 4.34. The summed E-state index contributed by atoms with van der Waals surface area (Å²) in [5.41, 5.74) is -1.45. The summed E-state index contributed by atoms with van der Waals surface area (Å²) in [5.74, 6) is -1.72. The largest absolute Gasteiger partial charge is 0.503 e. The molecule has 23 heavy (non-hydrogen) atoms. The first-order valence-electron chi connectivity index (χ1n) is 6.18. The fourth-order valence-corrected chi connectivity index (χ4v) is 1.68. The molecule has 0 bridgehead atoms. The van der Waals surface area contributed by atoms with Gasteiger partial charge in [-0.05, 0) is 36.4 Å². The lowest BCUT2D eigenvalue weighted by Crippen LogP contribution is -2.15. The molecule has 5 nitrogen and oxygen atoms in total. The van der Waals surface area contributed by atoms with E-state index in [2.05, 4.69) is 5.32 Å². The molecule has 2 N–H and O–H groups in total. The Morgan fingerprint density at radius 2 is 1.87 bits per heavy atom. The van der Waals surface area contributed by atoms with Crippen LogP contribution >= 0.6 is 0 Å². The van der Waals surface area contributed by atoms with Gasteiger partial charge in [0.2, 0.25) is 0 Å². The third-order valence-electron chi connectivity index (χ3n) is 2.80. The first-order valence-corrected chi connectivity index (χ1v) is 6.18. The van der Waals surface area contributed by atoms with Gasteiger partial charge in [-0.25, -0.2) is 0 Å². The van der Waals surface area contributed by atoms with Crippen molar-refractivity contribution in [3.8, 4) is 6.07 Å². The van der Waals surface area contributed by atoms with E-state index < -0.39 is 29.0 Å². The van der Waals surface area contributed by atoms with Gasteiger partial charge in [0.05, 0.1) is 11.8 Å². The minimum Gasteiger partial charge on any atom is -0.503 e. The number of hydrogen-bond donors (Lipinski definition) is 2. The summed E-state index contributed by atoms with van der Waals surface area (Å²) >= 11 is 0.